The summed E-state index contributed by atoms with van der Waals surface area (Å²) >= 11 is 5.25. The summed E-state index contributed by atoms with van der Waals surface area (Å²) in [5.41, 5.74) is 0.745. The van der Waals surface area contributed by atoms with E-state index in [9.17, 15) is 5.11 Å². The van der Waals surface area contributed by atoms with Crippen molar-refractivity contribution in [3.63, 3.8) is 0 Å². The van der Waals surface area contributed by atoms with Gasteiger partial charge in [0.2, 0.25) is 0 Å². The molecule has 0 amide bonds. The summed E-state index contributed by atoms with van der Waals surface area (Å²) in [5, 5.41) is 9.27. The van der Waals surface area contributed by atoms with Gasteiger partial charge in [-0.2, -0.15) is 0 Å². The molecule has 0 spiro atoms. The number of aliphatic hydroxyl groups excluding tert-OH is 1. The number of imidazole rings is 1. The number of hydrogen-bond acceptors (Lipinski definition) is 3. The van der Waals surface area contributed by atoms with Gasteiger partial charge in [-0.1, -0.05) is 0 Å². The van der Waals surface area contributed by atoms with E-state index in [1.807, 2.05) is 4.57 Å². The van der Waals surface area contributed by atoms with Crippen molar-refractivity contribution in [2.45, 2.75) is 44.9 Å². The summed E-state index contributed by atoms with van der Waals surface area (Å²) in [6.45, 7) is 4.95. The third-order valence-electron chi connectivity index (χ3n) is 3.09. The molecule has 1 aromatic heterocycles. The van der Waals surface area contributed by atoms with Crippen LogP contribution >= 0.6 is 12.2 Å². The van der Waals surface area contributed by atoms with Crippen LogP contribution in [0.1, 0.15) is 38.4 Å². The Labute approximate surface area is 100 Å². The van der Waals surface area contributed by atoms with Crippen LogP contribution in [0.2, 0.25) is 0 Å². The molecule has 2 rings (SSSR count). The Bertz CT molecular complexity index is 422. The highest BCUT2D eigenvalue weighted by atomic mass is 32.1. The molecular weight excluding hydrogens is 224 g/mol. The van der Waals surface area contributed by atoms with Gasteiger partial charge in [0, 0.05) is 18.8 Å². The Morgan fingerprint density at radius 1 is 1.69 bits per heavy atom. The number of aromatic amines is 1. The monoisotopic (exact) mass is 242 g/mol. The fourth-order valence-electron chi connectivity index (χ4n) is 2.36. The first-order chi connectivity index (χ1) is 7.53. The minimum atomic E-state index is -0.109. The van der Waals surface area contributed by atoms with Crippen molar-refractivity contribution >= 4 is 12.2 Å². The summed E-state index contributed by atoms with van der Waals surface area (Å²) in [7, 11) is 0. The van der Waals surface area contributed by atoms with E-state index in [-0.39, 0.29) is 12.2 Å². The van der Waals surface area contributed by atoms with Gasteiger partial charge in [-0.3, -0.25) is 0 Å². The number of nitrogens with one attached hydrogen (secondary N) is 1. The van der Waals surface area contributed by atoms with Crippen LogP contribution in [-0.2, 0) is 11.3 Å². The molecule has 1 saturated heterocycles. The Hall–Kier alpha value is -0.650. The second-order valence-electron chi connectivity index (χ2n) is 4.87. The molecule has 2 heterocycles. The highest BCUT2D eigenvalue weighted by Gasteiger charge is 2.30. The zero-order valence-electron chi connectivity index (χ0n) is 9.69. The molecule has 0 radical (unpaired) electrons. The first-order valence-electron chi connectivity index (χ1n) is 5.57. The maximum Gasteiger partial charge on any atom is 0.177 e. The molecule has 1 aromatic rings. The zero-order valence-corrected chi connectivity index (χ0v) is 10.5. The highest BCUT2D eigenvalue weighted by Crippen LogP contribution is 2.32. The van der Waals surface area contributed by atoms with Crippen molar-refractivity contribution in [1.82, 2.24) is 9.55 Å². The molecule has 0 bridgehead atoms. The summed E-state index contributed by atoms with van der Waals surface area (Å²) in [5.74, 6) is 0. The average molecular weight is 242 g/mol. The van der Waals surface area contributed by atoms with Crippen molar-refractivity contribution in [3.05, 3.63) is 16.7 Å². The zero-order chi connectivity index (χ0) is 11.8. The predicted molar refractivity (Wildman–Crippen MR) is 63.8 cm³/mol. The summed E-state index contributed by atoms with van der Waals surface area (Å²) in [4.78, 5) is 2.99. The first-order valence-corrected chi connectivity index (χ1v) is 5.98. The van der Waals surface area contributed by atoms with Crippen LogP contribution in [-0.4, -0.2) is 26.9 Å². The molecule has 16 heavy (non-hydrogen) atoms. The standard InChI is InChI=1S/C11H18N2O2S/c1-11(2)5-8(3-4-15-11)13-9(7-14)6-12-10(13)16/h6,8,14H,3-5,7H2,1-2H3,(H,12,16). The Morgan fingerprint density at radius 2 is 2.44 bits per heavy atom. The summed E-state index contributed by atoms with van der Waals surface area (Å²) in [6.07, 6.45) is 3.65. The summed E-state index contributed by atoms with van der Waals surface area (Å²) < 4.78 is 8.40. The van der Waals surface area contributed by atoms with Gasteiger partial charge in [0.25, 0.3) is 0 Å². The molecule has 0 aliphatic carbocycles. The molecule has 1 aliphatic rings. The fourth-order valence-corrected chi connectivity index (χ4v) is 2.68. The van der Waals surface area contributed by atoms with Crippen molar-refractivity contribution in [3.8, 4) is 0 Å². The number of aliphatic hydroxyl groups is 1. The number of hydrogen-bond donors (Lipinski definition) is 2. The number of H-pyrrole nitrogens is 1. The van der Waals surface area contributed by atoms with Crippen molar-refractivity contribution < 1.29 is 9.84 Å². The van der Waals surface area contributed by atoms with Crippen LogP contribution < -0.4 is 0 Å². The molecule has 0 saturated carbocycles. The van der Waals surface area contributed by atoms with Crippen LogP contribution in [0.5, 0.6) is 0 Å². The molecule has 90 valence electrons. The number of ether oxygens (including phenoxy) is 1. The topological polar surface area (TPSA) is 50.2 Å². The normalized spacial score (nSPS) is 24.6. The van der Waals surface area contributed by atoms with Gasteiger partial charge in [-0.15, -0.1) is 0 Å². The second kappa shape index (κ2) is 4.31. The minimum absolute atomic E-state index is 0.0188. The molecule has 2 N–H and O–H groups in total. The van der Waals surface area contributed by atoms with Gasteiger partial charge in [-0.05, 0) is 38.9 Å². The fraction of sp³-hybridized carbons (Fsp3) is 0.727. The lowest BCUT2D eigenvalue weighted by Crippen LogP contribution is -2.35. The average Bonchev–Trinajstić information content (AvgIpc) is 2.58. The maximum absolute atomic E-state index is 9.27. The van der Waals surface area contributed by atoms with E-state index in [0.29, 0.717) is 10.8 Å². The van der Waals surface area contributed by atoms with E-state index in [0.717, 1.165) is 25.1 Å². The van der Waals surface area contributed by atoms with Gasteiger partial charge in [-0.25, -0.2) is 0 Å². The lowest BCUT2D eigenvalue weighted by atomic mass is 9.93. The SMILES string of the molecule is CC1(C)CC(n2c(CO)c[nH]c2=S)CCO1. The highest BCUT2D eigenvalue weighted by molar-refractivity contribution is 7.71. The third kappa shape index (κ3) is 2.21. The smallest absolute Gasteiger partial charge is 0.177 e. The van der Waals surface area contributed by atoms with Crippen LogP contribution in [0.15, 0.2) is 6.20 Å². The molecular formula is C11H18N2O2S. The third-order valence-corrected chi connectivity index (χ3v) is 3.40. The van der Waals surface area contributed by atoms with Gasteiger partial charge in [0.15, 0.2) is 4.77 Å². The van der Waals surface area contributed by atoms with Gasteiger partial charge in [0.05, 0.1) is 17.9 Å². The predicted octanol–water partition coefficient (Wildman–Crippen LogP) is 2.17. The van der Waals surface area contributed by atoms with E-state index in [1.165, 1.54) is 0 Å². The molecule has 4 nitrogen and oxygen atoms in total. The van der Waals surface area contributed by atoms with Gasteiger partial charge in [0.1, 0.15) is 0 Å². The van der Waals surface area contributed by atoms with Crippen molar-refractivity contribution in [2.75, 3.05) is 6.61 Å². The second-order valence-corrected chi connectivity index (χ2v) is 5.25. The molecule has 1 fully saturated rings. The van der Waals surface area contributed by atoms with E-state index in [2.05, 4.69) is 18.8 Å². The molecule has 1 atom stereocenters. The number of rotatable bonds is 2. The van der Waals surface area contributed by atoms with Crippen LogP contribution in [0, 0.1) is 4.77 Å². The first kappa shape index (κ1) is 11.8. The van der Waals surface area contributed by atoms with E-state index in [1.54, 1.807) is 6.20 Å². The molecule has 1 aliphatic heterocycles. The van der Waals surface area contributed by atoms with Crippen molar-refractivity contribution in [1.29, 1.82) is 0 Å². The number of aromatic nitrogens is 2. The van der Waals surface area contributed by atoms with Crippen molar-refractivity contribution in [2.24, 2.45) is 0 Å². The Morgan fingerprint density at radius 3 is 3.06 bits per heavy atom. The quantitative estimate of drug-likeness (QED) is 0.781. The van der Waals surface area contributed by atoms with E-state index in [4.69, 9.17) is 17.0 Å². The van der Waals surface area contributed by atoms with Gasteiger partial charge >= 0.3 is 0 Å². The minimum Gasteiger partial charge on any atom is -0.390 e. The maximum atomic E-state index is 9.27. The number of nitrogens with zero attached hydrogens (tertiary/aromatic N) is 1. The summed E-state index contributed by atoms with van der Waals surface area (Å²) in [6, 6.07) is 0.324. The van der Waals surface area contributed by atoms with Gasteiger partial charge < -0.3 is 19.4 Å². The van der Waals surface area contributed by atoms with Crippen LogP contribution in [0.3, 0.4) is 0 Å². The molecule has 0 aromatic carbocycles. The largest absolute Gasteiger partial charge is 0.390 e. The van der Waals surface area contributed by atoms with Crippen LogP contribution in [0.4, 0.5) is 0 Å². The Kier molecular flexibility index (Phi) is 3.19. The van der Waals surface area contributed by atoms with E-state index >= 15 is 0 Å². The van der Waals surface area contributed by atoms with Crippen LogP contribution in [0.25, 0.3) is 0 Å². The van der Waals surface area contributed by atoms with E-state index < -0.39 is 0 Å². The molecule has 1 unspecified atom stereocenters. The molecule has 5 heteroatoms. The lowest BCUT2D eigenvalue weighted by molar-refractivity contribution is -0.0698. The Balaban J connectivity index is 2.29. The lowest BCUT2D eigenvalue weighted by Gasteiger charge is -2.36.